The molecule has 0 aliphatic heterocycles. The summed E-state index contributed by atoms with van der Waals surface area (Å²) in [5.41, 5.74) is 4.17. The predicted octanol–water partition coefficient (Wildman–Crippen LogP) is 4.42. The van der Waals surface area contributed by atoms with E-state index in [-0.39, 0.29) is 12.5 Å². The number of hydrogen-bond donors (Lipinski definition) is 1. The van der Waals surface area contributed by atoms with Crippen LogP contribution in [0.1, 0.15) is 66.1 Å². The number of benzene rings is 1. The van der Waals surface area contributed by atoms with Gasteiger partial charge >= 0.3 is 0 Å². The molecule has 30 heavy (non-hydrogen) atoms. The van der Waals surface area contributed by atoms with Gasteiger partial charge in [0.05, 0.1) is 23.7 Å². The molecule has 1 heterocycles. The van der Waals surface area contributed by atoms with Crippen molar-refractivity contribution in [2.45, 2.75) is 58.5 Å². The third-order valence-corrected chi connectivity index (χ3v) is 5.99. The molecular weight excluding hydrogens is 374 g/mol. The lowest BCUT2D eigenvalue weighted by Gasteiger charge is -2.27. The van der Waals surface area contributed by atoms with Gasteiger partial charge in [-0.15, -0.1) is 0 Å². The number of carbonyl (C=O) groups excluding carboxylic acids is 1. The maximum Gasteiger partial charge on any atom is 0.239 e. The largest absolute Gasteiger partial charge is 0.327 e. The molecule has 2 aromatic rings. The second kappa shape index (κ2) is 9.61. The summed E-state index contributed by atoms with van der Waals surface area (Å²) < 4.78 is 2.18. The fourth-order valence-electron chi connectivity index (χ4n) is 4.41. The van der Waals surface area contributed by atoms with Crippen LogP contribution in [-0.2, 0) is 11.3 Å². The second-order valence-corrected chi connectivity index (χ2v) is 8.24. The Labute approximate surface area is 178 Å². The van der Waals surface area contributed by atoms with Gasteiger partial charge in [-0.1, -0.05) is 31.4 Å². The van der Waals surface area contributed by atoms with Crippen LogP contribution < -0.4 is 5.32 Å². The maximum atomic E-state index is 12.8. The second-order valence-electron chi connectivity index (χ2n) is 8.24. The number of amides is 1. The Bertz CT molecular complexity index is 1000. The van der Waals surface area contributed by atoms with Crippen LogP contribution in [0, 0.1) is 36.5 Å². The van der Waals surface area contributed by atoms with E-state index >= 15 is 0 Å². The topological polar surface area (TPSA) is 84.8 Å². The minimum Gasteiger partial charge on any atom is -0.327 e. The number of nitriles is 2. The van der Waals surface area contributed by atoms with Crippen molar-refractivity contribution in [3.8, 4) is 12.1 Å². The van der Waals surface area contributed by atoms with Crippen LogP contribution in [0.25, 0.3) is 0 Å². The van der Waals surface area contributed by atoms with E-state index in [9.17, 15) is 10.1 Å². The molecule has 1 aliphatic rings. The zero-order valence-corrected chi connectivity index (χ0v) is 18.0. The Hall–Kier alpha value is -3.09. The third kappa shape index (κ3) is 4.72. The average Bonchev–Trinajstić information content (AvgIpc) is 2.97. The first-order valence-corrected chi connectivity index (χ1v) is 10.5. The van der Waals surface area contributed by atoms with Gasteiger partial charge in [0.1, 0.15) is 11.9 Å². The number of nitrogens with one attached hydrogen (secondary N) is 1. The molecular formula is C24H29N5O. The Kier molecular flexibility index (Phi) is 6.92. The van der Waals surface area contributed by atoms with Crippen molar-refractivity contribution in [1.29, 1.82) is 10.5 Å². The molecule has 156 valence electrons. The van der Waals surface area contributed by atoms with Gasteiger partial charge in [-0.25, -0.2) is 0 Å². The summed E-state index contributed by atoms with van der Waals surface area (Å²) in [6.07, 6.45) is 5.78. The van der Waals surface area contributed by atoms with Gasteiger partial charge in [-0.05, 0) is 57.0 Å². The van der Waals surface area contributed by atoms with E-state index in [0.717, 1.165) is 29.7 Å². The molecule has 1 aromatic heterocycles. The number of aromatic nitrogens is 1. The van der Waals surface area contributed by atoms with Crippen LogP contribution in [-0.4, -0.2) is 29.0 Å². The molecule has 1 amide bonds. The van der Waals surface area contributed by atoms with E-state index < -0.39 is 0 Å². The van der Waals surface area contributed by atoms with Crippen molar-refractivity contribution in [2.24, 2.45) is 0 Å². The highest BCUT2D eigenvalue weighted by atomic mass is 16.2. The summed E-state index contributed by atoms with van der Waals surface area (Å²) in [6.45, 7) is 4.76. The number of nitrogens with zero attached hydrogens (tertiary/aromatic N) is 4. The quantitative estimate of drug-likeness (QED) is 0.773. The fourth-order valence-corrected chi connectivity index (χ4v) is 4.41. The minimum absolute atomic E-state index is 0.139. The van der Waals surface area contributed by atoms with E-state index in [4.69, 9.17) is 5.26 Å². The number of anilines is 1. The molecule has 1 aromatic carbocycles. The van der Waals surface area contributed by atoms with Gasteiger partial charge in [0.2, 0.25) is 5.91 Å². The summed E-state index contributed by atoms with van der Waals surface area (Å²) in [7, 11) is 1.88. The number of likely N-dealkylation sites (N-methyl/N-ethyl adjacent to an activating group) is 1. The van der Waals surface area contributed by atoms with E-state index in [1.54, 1.807) is 6.07 Å². The lowest BCUT2D eigenvalue weighted by Crippen LogP contribution is -2.31. The average molecular weight is 404 g/mol. The van der Waals surface area contributed by atoms with Gasteiger partial charge in [0, 0.05) is 18.3 Å². The smallest absolute Gasteiger partial charge is 0.239 e. The summed E-state index contributed by atoms with van der Waals surface area (Å²) in [5.74, 6) is 0.504. The first-order valence-electron chi connectivity index (χ1n) is 10.5. The van der Waals surface area contributed by atoms with E-state index in [0.29, 0.717) is 29.5 Å². The van der Waals surface area contributed by atoms with Crippen LogP contribution in [0.15, 0.2) is 24.3 Å². The molecule has 0 spiro atoms. The molecule has 0 saturated heterocycles. The van der Waals surface area contributed by atoms with Crippen LogP contribution in [0.5, 0.6) is 0 Å². The van der Waals surface area contributed by atoms with E-state index in [2.05, 4.69) is 22.0 Å². The number of hydrogen-bond acceptors (Lipinski definition) is 4. The first-order chi connectivity index (χ1) is 14.4. The molecule has 6 nitrogen and oxygen atoms in total. The highest BCUT2D eigenvalue weighted by molar-refractivity contribution is 5.93. The van der Waals surface area contributed by atoms with Crippen LogP contribution in [0.2, 0.25) is 0 Å². The molecule has 0 unspecified atom stereocenters. The molecule has 6 heteroatoms. The molecule has 1 fully saturated rings. The zero-order valence-electron chi connectivity index (χ0n) is 18.0. The van der Waals surface area contributed by atoms with Crippen molar-refractivity contribution in [2.75, 3.05) is 18.9 Å². The summed E-state index contributed by atoms with van der Waals surface area (Å²) in [4.78, 5) is 14.7. The SMILES string of the molecule is Cc1c(C#N)c(NC(=O)CN(C)Cc2cccc(C#N)c2)n(C2CCCCC2)c1C. The van der Waals surface area contributed by atoms with Crippen molar-refractivity contribution >= 4 is 11.7 Å². The van der Waals surface area contributed by atoms with Crippen molar-refractivity contribution in [3.63, 3.8) is 0 Å². The standard InChI is InChI=1S/C24H29N5O/c1-17-18(2)29(21-10-5-4-6-11-21)24(22(17)14-26)27-23(30)16-28(3)15-20-9-7-8-19(12-20)13-25/h7-9,12,21H,4-6,10-11,15-16H2,1-3H3,(H,27,30). The van der Waals surface area contributed by atoms with Gasteiger partial charge in [0.15, 0.2) is 0 Å². The first kappa shape index (κ1) is 21.6. The normalized spacial score (nSPS) is 14.3. The Morgan fingerprint density at radius 1 is 1.20 bits per heavy atom. The lowest BCUT2D eigenvalue weighted by molar-refractivity contribution is -0.117. The summed E-state index contributed by atoms with van der Waals surface area (Å²) in [6, 6.07) is 12.2. The molecule has 3 rings (SSSR count). The van der Waals surface area contributed by atoms with Crippen LogP contribution in [0.3, 0.4) is 0 Å². The number of carbonyl (C=O) groups is 1. The Morgan fingerprint density at radius 2 is 1.93 bits per heavy atom. The molecule has 0 bridgehead atoms. The minimum atomic E-state index is -0.139. The molecule has 1 aliphatic carbocycles. The Balaban J connectivity index is 1.75. The van der Waals surface area contributed by atoms with Gasteiger partial charge in [-0.2, -0.15) is 10.5 Å². The van der Waals surface area contributed by atoms with Crippen LogP contribution in [0.4, 0.5) is 5.82 Å². The van der Waals surface area contributed by atoms with Crippen molar-refractivity contribution in [1.82, 2.24) is 9.47 Å². The van der Waals surface area contributed by atoms with Gasteiger partial charge in [0.25, 0.3) is 0 Å². The Morgan fingerprint density at radius 3 is 2.60 bits per heavy atom. The van der Waals surface area contributed by atoms with Crippen molar-refractivity contribution < 1.29 is 4.79 Å². The summed E-state index contributed by atoms with van der Waals surface area (Å²) in [5, 5.41) is 21.8. The maximum absolute atomic E-state index is 12.8. The lowest BCUT2D eigenvalue weighted by atomic mass is 9.95. The monoisotopic (exact) mass is 403 g/mol. The fraction of sp³-hybridized carbons (Fsp3) is 0.458. The highest BCUT2D eigenvalue weighted by Gasteiger charge is 2.26. The van der Waals surface area contributed by atoms with E-state index in [1.165, 1.54) is 19.3 Å². The summed E-state index contributed by atoms with van der Waals surface area (Å²) >= 11 is 0. The molecule has 0 atom stereocenters. The van der Waals surface area contributed by atoms with Crippen molar-refractivity contribution in [3.05, 3.63) is 52.2 Å². The number of rotatable bonds is 6. The molecule has 1 N–H and O–H groups in total. The highest BCUT2D eigenvalue weighted by Crippen LogP contribution is 2.36. The predicted molar refractivity (Wildman–Crippen MR) is 117 cm³/mol. The zero-order chi connectivity index (χ0) is 21.7. The van der Waals surface area contributed by atoms with E-state index in [1.807, 2.05) is 44.0 Å². The molecule has 1 saturated carbocycles. The van der Waals surface area contributed by atoms with Gasteiger partial charge in [-0.3, -0.25) is 9.69 Å². The third-order valence-electron chi connectivity index (χ3n) is 5.99. The molecule has 0 radical (unpaired) electrons. The van der Waals surface area contributed by atoms with Gasteiger partial charge < -0.3 is 9.88 Å². The van der Waals surface area contributed by atoms with Crippen LogP contribution >= 0.6 is 0 Å².